The van der Waals surface area contributed by atoms with E-state index in [-0.39, 0.29) is 17.8 Å². The first-order valence-corrected chi connectivity index (χ1v) is 8.42. The van der Waals surface area contributed by atoms with E-state index in [2.05, 4.69) is 17.0 Å². The molecule has 0 aliphatic carbocycles. The molecule has 106 valence electrons. The van der Waals surface area contributed by atoms with Crippen molar-refractivity contribution in [3.63, 3.8) is 0 Å². The van der Waals surface area contributed by atoms with Crippen molar-refractivity contribution < 1.29 is 8.42 Å². The van der Waals surface area contributed by atoms with Gasteiger partial charge in [-0.15, -0.1) is 0 Å². The minimum absolute atomic E-state index is 0.0751. The highest BCUT2D eigenvalue weighted by Crippen LogP contribution is 2.19. The SMILES string of the molecule is Cc1ccc(C(N)CN(C)C2CCS(=O)(=O)C2)cc1. The number of likely N-dealkylation sites (N-methyl/N-ethyl adjacent to an activating group) is 1. The Balaban J connectivity index is 1.95. The number of rotatable bonds is 4. The zero-order valence-electron chi connectivity index (χ0n) is 11.5. The van der Waals surface area contributed by atoms with Crippen molar-refractivity contribution in [2.45, 2.75) is 25.4 Å². The van der Waals surface area contributed by atoms with Gasteiger partial charge < -0.3 is 10.6 Å². The molecule has 1 fully saturated rings. The molecule has 0 radical (unpaired) electrons. The van der Waals surface area contributed by atoms with Crippen molar-refractivity contribution in [1.82, 2.24) is 4.90 Å². The second-order valence-electron chi connectivity index (χ2n) is 5.51. The van der Waals surface area contributed by atoms with Crippen LogP contribution in [0.2, 0.25) is 0 Å². The molecule has 0 spiro atoms. The van der Waals surface area contributed by atoms with Crippen molar-refractivity contribution >= 4 is 9.84 Å². The highest BCUT2D eigenvalue weighted by Gasteiger charge is 2.31. The van der Waals surface area contributed by atoms with Gasteiger partial charge in [-0.1, -0.05) is 29.8 Å². The predicted octanol–water partition coefficient (Wildman–Crippen LogP) is 1.11. The minimum Gasteiger partial charge on any atom is -0.323 e. The van der Waals surface area contributed by atoms with Crippen LogP contribution >= 0.6 is 0 Å². The number of benzene rings is 1. The van der Waals surface area contributed by atoms with E-state index in [1.165, 1.54) is 5.56 Å². The van der Waals surface area contributed by atoms with Gasteiger partial charge in [0.15, 0.2) is 9.84 Å². The molecule has 5 heteroatoms. The van der Waals surface area contributed by atoms with Gasteiger partial charge in [0.2, 0.25) is 0 Å². The Kier molecular flexibility index (Phi) is 4.28. The standard InChI is InChI=1S/C14H22N2O2S/c1-11-3-5-12(6-4-11)14(15)9-16(2)13-7-8-19(17,18)10-13/h3-6,13-14H,7-10,15H2,1-2H3. The van der Waals surface area contributed by atoms with Gasteiger partial charge in [0.05, 0.1) is 11.5 Å². The van der Waals surface area contributed by atoms with Crippen LogP contribution in [0, 0.1) is 6.92 Å². The molecule has 1 aromatic carbocycles. The molecule has 0 aromatic heterocycles. The summed E-state index contributed by atoms with van der Waals surface area (Å²) in [5.74, 6) is 0.575. The fraction of sp³-hybridized carbons (Fsp3) is 0.571. The summed E-state index contributed by atoms with van der Waals surface area (Å²) in [6.45, 7) is 2.73. The molecule has 0 bridgehead atoms. The molecule has 1 aliphatic heterocycles. The van der Waals surface area contributed by atoms with E-state index in [9.17, 15) is 8.42 Å². The molecule has 0 saturated carbocycles. The quantitative estimate of drug-likeness (QED) is 0.898. The first kappa shape index (κ1) is 14.5. The minimum atomic E-state index is -2.83. The molecule has 2 atom stereocenters. The Morgan fingerprint density at radius 1 is 1.37 bits per heavy atom. The molecule has 4 nitrogen and oxygen atoms in total. The molecular formula is C14H22N2O2S. The van der Waals surface area contributed by atoms with Gasteiger partial charge in [-0.2, -0.15) is 0 Å². The second-order valence-corrected chi connectivity index (χ2v) is 7.74. The third-order valence-electron chi connectivity index (χ3n) is 3.82. The van der Waals surface area contributed by atoms with Crippen molar-refractivity contribution in [1.29, 1.82) is 0 Å². The third kappa shape index (κ3) is 3.78. The summed E-state index contributed by atoms with van der Waals surface area (Å²) in [6, 6.07) is 8.22. The average molecular weight is 282 g/mol. The van der Waals surface area contributed by atoms with Crippen molar-refractivity contribution in [3.05, 3.63) is 35.4 Å². The van der Waals surface area contributed by atoms with Gasteiger partial charge >= 0.3 is 0 Å². The topological polar surface area (TPSA) is 63.4 Å². The average Bonchev–Trinajstić information content (AvgIpc) is 2.70. The molecule has 2 unspecified atom stereocenters. The maximum Gasteiger partial charge on any atom is 0.151 e. The van der Waals surface area contributed by atoms with E-state index >= 15 is 0 Å². The van der Waals surface area contributed by atoms with Gasteiger partial charge in [-0.05, 0) is 26.0 Å². The van der Waals surface area contributed by atoms with Crippen LogP contribution in [0.4, 0.5) is 0 Å². The maximum absolute atomic E-state index is 11.5. The lowest BCUT2D eigenvalue weighted by Crippen LogP contribution is -2.37. The lowest BCUT2D eigenvalue weighted by molar-refractivity contribution is 0.247. The summed E-state index contributed by atoms with van der Waals surface area (Å²) in [5.41, 5.74) is 8.50. The fourth-order valence-corrected chi connectivity index (χ4v) is 4.31. The Hall–Kier alpha value is -0.910. The fourth-order valence-electron chi connectivity index (χ4n) is 2.50. The lowest BCUT2D eigenvalue weighted by Gasteiger charge is -2.26. The summed E-state index contributed by atoms with van der Waals surface area (Å²) in [6.07, 6.45) is 0.722. The second kappa shape index (κ2) is 5.61. The van der Waals surface area contributed by atoms with Crippen LogP contribution in [0.1, 0.15) is 23.6 Å². The van der Waals surface area contributed by atoms with Crippen LogP contribution < -0.4 is 5.73 Å². The van der Waals surface area contributed by atoms with Crippen molar-refractivity contribution in [2.24, 2.45) is 5.73 Å². The predicted molar refractivity (Wildman–Crippen MR) is 77.8 cm³/mol. The number of nitrogens with two attached hydrogens (primary N) is 1. The highest BCUT2D eigenvalue weighted by atomic mass is 32.2. The summed E-state index contributed by atoms with van der Waals surface area (Å²) in [5, 5.41) is 0. The Morgan fingerprint density at radius 2 is 2.00 bits per heavy atom. The zero-order chi connectivity index (χ0) is 14.0. The zero-order valence-corrected chi connectivity index (χ0v) is 12.4. The van der Waals surface area contributed by atoms with Crippen LogP contribution in [0.15, 0.2) is 24.3 Å². The van der Waals surface area contributed by atoms with Crippen LogP contribution in [-0.4, -0.2) is 44.5 Å². The molecule has 0 amide bonds. The van der Waals surface area contributed by atoms with E-state index in [1.54, 1.807) is 0 Å². The largest absolute Gasteiger partial charge is 0.323 e. The normalized spacial score (nSPS) is 23.7. The smallest absolute Gasteiger partial charge is 0.151 e. The maximum atomic E-state index is 11.5. The number of hydrogen-bond donors (Lipinski definition) is 1. The summed E-state index contributed by atoms with van der Waals surface area (Å²) < 4.78 is 23.0. The summed E-state index contributed by atoms with van der Waals surface area (Å²) in [4.78, 5) is 2.08. The molecule has 1 aliphatic rings. The third-order valence-corrected chi connectivity index (χ3v) is 5.57. The van der Waals surface area contributed by atoms with E-state index < -0.39 is 9.84 Å². The number of aryl methyl sites for hydroxylation is 1. The first-order chi connectivity index (χ1) is 8.87. The Bertz CT molecular complexity index is 525. The molecule has 1 heterocycles. The van der Waals surface area contributed by atoms with Crippen LogP contribution in [-0.2, 0) is 9.84 Å². The lowest BCUT2D eigenvalue weighted by atomic mass is 10.0. The monoisotopic (exact) mass is 282 g/mol. The van der Waals surface area contributed by atoms with Crippen LogP contribution in [0.5, 0.6) is 0 Å². The van der Waals surface area contributed by atoms with Crippen molar-refractivity contribution in [3.8, 4) is 0 Å². The van der Waals surface area contributed by atoms with Gasteiger partial charge in [0.25, 0.3) is 0 Å². The molecule has 1 saturated heterocycles. The van der Waals surface area contributed by atoms with Gasteiger partial charge in [0, 0.05) is 18.6 Å². The van der Waals surface area contributed by atoms with Gasteiger partial charge in [-0.3, -0.25) is 0 Å². The van der Waals surface area contributed by atoms with E-state index in [0.29, 0.717) is 12.3 Å². The first-order valence-electron chi connectivity index (χ1n) is 6.60. The van der Waals surface area contributed by atoms with Gasteiger partial charge in [0.1, 0.15) is 0 Å². The number of hydrogen-bond acceptors (Lipinski definition) is 4. The molecule has 1 aromatic rings. The molecular weight excluding hydrogens is 260 g/mol. The van der Waals surface area contributed by atoms with E-state index in [1.807, 2.05) is 26.1 Å². The van der Waals surface area contributed by atoms with Gasteiger partial charge in [-0.25, -0.2) is 8.42 Å². The van der Waals surface area contributed by atoms with Crippen LogP contribution in [0.3, 0.4) is 0 Å². The summed E-state index contributed by atoms with van der Waals surface area (Å²) >= 11 is 0. The Morgan fingerprint density at radius 3 is 2.53 bits per heavy atom. The van der Waals surface area contributed by atoms with E-state index in [0.717, 1.165) is 12.0 Å². The Labute approximate surface area is 115 Å². The molecule has 19 heavy (non-hydrogen) atoms. The van der Waals surface area contributed by atoms with Crippen LogP contribution in [0.25, 0.3) is 0 Å². The number of nitrogens with zero attached hydrogens (tertiary/aromatic N) is 1. The summed E-state index contributed by atoms with van der Waals surface area (Å²) in [7, 11) is -0.871. The van der Waals surface area contributed by atoms with Crippen molar-refractivity contribution in [2.75, 3.05) is 25.1 Å². The molecule has 2 rings (SSSR count). The molecule has 2 N–H and O–H groups in total. The van der Waals surface area contributed by atoms with E-state index in [4.69, 9.17) is 5.73 Å². The number of sulfone groups is 1. The highest BCUT2D eigenvalue weighted by molar-refractivity contribution is 7.91.